The van der Waals surface area contributed by atoms with E-state index in [1.165, 1.54) is 4.80 Å². The highest BCUT2D eigenvalue weighted by molar-refractivity contribution is 6.30. The van der Waals surface area contributed by atoms with E-state index >= 15 is 0 Å². The molecule has 8 heteroatoms. The van der Waals surface area contributed by atoms with Crippen LogP contribution in [0.1, 0.15) is 36.2 Å². The highest BCUT2D eigenvalue weighted by Gasteiger charge is 2.20. The van der Waals surface area contributed by atoms with E-state index in [2.05, 4.69) is 15.4 Å². The Labute approximate surface area is 164 Å². The molecule has 144 valence electrons. The molecule has 0 unspecified atom stereocenters. The number of aryl methyl sites for hydroxylation is 1. The third-order valence-electron chi connectivity index (χ3n) is 4.88. The quantitative estimate of drug-likeness (QED) is 0.767. The molecule has 0 radical (unpaired) electrons. The first-order valence-corrected chi connectivity index (χ1v) is 9.63. The number of hydrogen-bond acceptors (Lipinski definition) is 5. The maximum absolute atomic E-state index is 12.5. The van der Waals surface area contributed by atoms with Gasteiger partial charge in [-0.1, -0.05) is 17.7 Å². The molecule has 1 aliphatic rings. The normalized spacial score (nSPS) is 15.6. The third kappa shape index (κ3) is 5.37. The van der Waals surface area contributed by atoms with Crippen LogP contribution in [-0.4, -0.2) is 50.6 Å². The number of hydrogen-bond donors (Lipinski definition) is 1. The first kappa shape index (κ1) is 19.5. The van der Waals surface area contributed by atoms with Gasteiger partial charge in [-0.25, -0.2) is 0 Å². The number of piperidine rings is 1. The van der Waals surface area contributed by atoms with Crippen LogP contribution in [0.5, 0.6) is 0 Å². The van der Waals surface area contributed by atoms with Crippen LogP contribution in [0, 0.1) is 12.8 Å². The number of carbonyl (C=O) groups is 1. The summed E-state index contributed by atoms with van der Waals surface area (Å²) in [5.74, 6) is 1.30. The van der Waals surface area contributed by atoms with Gasteiger partial charge in [-0.3, -0.25) is 4.79 Å². The first-order chi connectivity index (χ1) is 13.0. The molecule has 0 aliphatic carbocycles. The zero-order valence-corrected chi connectivity index (χ0v) is 16.3. The van der Waals surface area contributed by atoms with Crippen LogP contribution < -0.4 is 5.73 Å². The second-order valence-corrected chi connectivity index (χ2v) is 7.33. The second kappa shape index (κ2) is 9.10. The van der Waals surface area contributed by atoms with Crippen LogP contribution in [-0.2, 0) is 11.3 Å². The van der Waals surface area contributed by atoms with Crippen molar-refractivity contribution in [3.05, 3.63) is 46.2 Å². The lowest BCUT2D eigenvalue weighted by Gasteiger charge is -2.31. The second-order valence-electron chi connectivity index (χ2n) is 6.89. The molecule has 1 saturated heterocycles. The van der Waals surface area contributed by atoms with Crippen molar-refractivity contribution in [3.63, 3.8) is 0 Å². The molecule has 27 heavy (non-hydrogen) atoms. The van der Waals surface area contributed by atoms with Crippen molar-refractivity contribution in [2.24, 2.45) is 11.7 Å². The number of halogens is 1. The predicted octanol–water partition coefficient (Wildman–Crippen LogP) is 2.28. The van der Waals surface area contributed by atoms with Gasteiger partial charge in [-0.2, -0.15) is 4.80 Å². The van der Waals surface area contributed by atoms with Crippen LogP contribution in [0.3, 0.4) is 0 Å². The predicted molar refractivity (Wildman–Crippen MR) is 105 cm³/mol. The van der Waals surface area contributed by atoms with E-state index in [-0.39, 0.29) is 5.91 Å². The Morgan fingerprint density at radius 3 is 2.81 bits per heavy atom. The van der Waals surface area contributed by atoms with E-state index < -0.39 is 0 Å². The van der Waals surface area contributed by atoms with Crippen molar-refractivity contribution in [3.8, 4) is 0 Å². The number of rotatable bonds is 6. The Balaban J connectivity index is 1.67. The minimum atomic E-state index is 0.0387. The molecule has 0 bridgehead atoms. The zero-order valence-electron chi connectivity index (χ0n) is 15.5. The number of nitrogens with two attached hydrogens (primary N) is 1. The molecule has 1 aliphatic heterocycles. The summed E-state index contributed by atoms with van der Waals surface area (Å²) in [4.78, 5) is 15.9. The number of benzene rings is 1. The van der Waals surface area contributed by atoms with Gasteiger partial charge >= 0.3 is 0 Å². The topological polar surface area (TPSA) is 89.9 Å². The van der Waals surface area contributed by atoms with Crippen LogP contribution in [0.2, 0.25) is 5.02 Å². The van der Waals surface area contributed by atoms with Crippen LogP contribution in [0.4, 0.5) is 0 Å². The highest BCUT2D eigenvalue weighted by Crippen LogP contribution is 2.21. The molecular formula is C19H25ClN6O. The van der Waals surface area contributed by atoms with Crippen molar-refractivity contribution in [2.45, 2.75) is 32.7 Å². The fourth-order valence-electron chi connectivity index (χ4n) is 3.36. The molecule has 0 spiro atoms. The average molecular weight is 389 g/mol. The Morgan fingerprint density at radius 2 is 2.15 bits per heavy atom. The van der Waals surface area contributed by atoms with Crippen molar-refractivity contribution in [1.82, 2.24) is 25.1 Å². The monoisotopic (exact) mass is 388 g/mol. The number of likely N-dealkylation sites (tertiary alicyclic amines) is 1. The number of aromatic nitrogens is 4. The van der Waals surface area contributed by atoms with Crippen molar-refractivity contribution < 1.29 is 4.79 Å². The summed E-state index contributed by atoms with van der Waals surface area (Å²) >= 11 is 6.14. The lowest BCUT2D eigenvalue weighted by molar-refractivity contribution is -0.127. The molecule has 3 rings (SSSR count). The van der Waals surface area contributed by atoms with Crippen LogP contribution in [0.15, 0.2) is 24.3 Å². The average Bonchev–Trinajstić information content (AvgIpc) is 3.06. The molecule has 7 nitrogen and oxygen atoms in total. The Morgan fingerprint density at radius 1 is 1.37 bits per heavy atom. The van der Waals surface area contributed by atoms with Crippen molar-refractivity contribution >= 4 is 23.6 Å². The molecule has 1 aromatic carbocycles. The standard InChI is InChI=1S/C19H25ClN6O/c1-14-22-24-26(23-14)13-17-12-18(20)4-2-16(17)3-5-19(27)25-10-7-15(6-9-21)8-11-25/h2-5,12,15H,6-11,13,21H2,1H3/b5-3+. The van der Waals surface area contributed by atoms with E-state index in [1.54, 1.807) is 13.0 Å². The van der Waals surface area contributed by atoms with E-state index in [1.807, 2.05) is 29.2 Å². The van der Waals surface area contributed by atoms with Gasteiger partial charge in [0.1, 0.15) is 0 Å². The maximum atomic E-state index is 12.5. The summed E-state index contributed by atoms with van der Waals surface area (Å²) in [6.45, 7) is 4.54. The summed E-state index contributed by atoms with van der Waals surface area (Å²) in [5, 5.41) is 12.7. The van der Waals surface area contributed by atoms with Gasteiger partial charge in [0, 0.05) is 24.2 Å². The zero-order chi connectivity index (χ0) is 19.2. The van der Waals surface area contributed by atoms with E-state index in [0.717, 1.165) is 50.0 Å². The van der Waals surface area contributed by atoms with Crippen molar-refractivity contribution in [2.75, 3.05) is 19.6 Å². The molecule has 1 amide bonds. The van der Waals surface area contributed by atoms with Crippen LogP contribution in [0.25, 0.3) is 6.08 Å². The largest absolute Gasteiger partial charge is 0.339 e. The molecule has 2 N–H and O–H groups in total. The van der Waals surface area contributed by atoms with E-state index in [9.17, 15) is 4.79 Å². The SMILES string of the molecule is Cc1nnn(Cc2cc(Cl)ccc2/C=C/C(=O)N2CCC(CCN)CC2)n1. The molecule has 1 fully saturated rings. The highest BCUT2D eigenvalue weighted by atomic mass is 35.5. The van der Waals surface area contributed by atoms with Gasteiger partial charge in [-0.15, -0.1) is 10.2 Å². The molecule has 0 atom stereocenters. The van der Waals surface area contributed by atoms with Gasteiger partial charge in [0.2, 0.25) is 5.91 Å². The van der Waals surface area contributed by atoms with E-state index in [0.29, 0.717) is 23.3 Å². The Bertz CT molecular complexity index is 810. The minimum Gasteiger partial charge on any atom is -0.339 e. The van der Waals surface area contributed by atoms with Gasteiger partial charge < -0.3 is 10.6 Å². The summed E-state index contributed by atoms with van der Waals surface area (Å²) in [6, 6.07) is 5.58. The summed E-state index contributed by atoms with van der Waals surface area (Å²) in [5.41, 5.74) is 7.48. The maximum Gasteiger partial charge on any atom is 0.246 e. The molecule has 2 aromatic rings. The van der Waals surface area contributed by atoms with Gasteiger partial charge in [-0.05, 0) is 73.2 Å². The smallest absolute Gasteiger partial charge is 0.246 e. The lowest BCUT2D eigenvalue weighted by Crippen LogP contribution is -2.37. The Kier molecular flexibility index (Phi) is 6.58. The van der Waals surface area contributed by atoms with E-state index in [4.69, 9.17) is 17.3 Å². The number of nitrogens with zero attached hydrogens (tertiary/aromatic N) is 5. The van der Waals surface area contributed by atoms with Gasteiger partial charge in [0.05, 0.1) is 6.54 Å². The fourth-order valence-corrected chi connectivity index (χ4v) is 3.56. The fraction of sp³-hybridized carbons (Fsp3) is 0.474. The molecule has 1 aromatic heterocycles. The summed E-state index contributed by atoms with van der Waals surface area (Å²) < 4.78 is 0. The minimum absolute atomic E-state index is 0.0387. The van der Waals surface area contributed by atoms with Crippen LogP contribution >= 0.6 is 11.6 Å². The first-order valence-electron chi connectivity index (χ1n) is 9.25. The number of carbonyl (C=O) groups excluding carboxylic acids is 1. The molecule has 2 heterocycles. The van der Waals surface area contributed by atoms with Gasteiger partial charge in [0.15, 0.2) is 5.82 Å². The third-order valence-corrected chi connectivity index (χ3v) is 5.11. The van der Waals surface area contributed by atoms with Crippen molar-refractivity contribution in [1.29, 1.82) is 0 Å². The number of tetrazole rings is 1. The Hall–Kier alpha value is -2.25. The summed E-state index contributed by atoms with van der Waals surface area (Å²) in [7, 11) is 0. The lowest BCUT2D eigenvalue weighted by atomic mass is 9.93. The molecule has 0 saturated carbocycles. The van der Waals surface area contributed by atoms with Gasteiger partial charge in [0.25, 0.3) is 0 Å². The summed E-state index contributed by atoms with van der Waals surface area (Å²) in [6.07, 6.45) is 6.57. The number of amides is 1. The molecular weight excluding hydrogens is 364 g/mol.